The summed E-state index contributed by atoms with van der Waals surface area (Å²) in [4.78, 5) is 13.7. The van der Waals surface area contributed by atoms with Crippen LogP contribution in [0, 0.1) is 0 Å². The van der Waals surface area contributed by atoms with Gasteiger partial charge in [0, 0.05) is 12.6 Å². The van der Waals surface area contributed by atoms with Crippen LogP contribution < -0.4 is 0 Å². The predicted molar refractivity (Wildman–Crippen MR) is 59.6 cm³/mol. The molecule has 0 aromatic heterocycles. The van der Waals surface area contributed by atoms with E-state index in [4.69, 9.17) is 11.6 Å². The van der Waals surface area contributed by atoms with Gasteiger partial charge in [0.05, 0.1) is 0 Å². The minimum atomic E-state index is -0.378. The van der Waals surface area contributed by atoms with Gasteiger partial charge in [-0.05, 0) is 26.7 Å². The second-order valence-corrected chi connectivity index (χ2v) is 4.69. The smallest absolute Gasteiger partial charge is 0.240 e. The van der Waals surface area contributed by atoms with E-state index in [0.717, 1.165) is 19.4 Å². The third kappa shape index (κ3) is 2.88. The zero-order chi connectivity index (χ0) is 10.6. The highest BCUT2D eigenvalue weighted by molar-refractivity contribution is 6.30. The minimum Gasteiger partial charge on any atom is -0.339 e. The average Bonchev–Trinajstić information content (AvgIpc) is 2.20. The Bertz CT molecular complexity index is 188. The van der Waals surface area contributed by atoms with Crippen molar-refractivity contribution < 1.29 is 4.79 Å². The summed E-state index contributed by atoms with van der Waals surface area (Å²) in [7, 11) is 0. The van der Waals surface area contributed by atoms with Gasteiger partial charge in [0.2, 0.25) is 5.91 Å². The van der Waals surface area contributed by atoms with Gasteiger partial charge in [0.1, 0.15) is 5.38 Å². The molecule has 82 valence electrons. The van der Waals surface area contributed by atoms with Crippen LogP contribution in [-0.2, 0) is 4.79 Å². The van der Waals surface area contributed by atoms with Crippen LogP contribution in [0.1, 0.15) is 46.0 Å². The average molecular weight is 218 g/mol. The molecule has 0 saturated heterocycles. The molecule has 3 heteroatoms. The van der Waals surface area contributed by atoms with Gasteiger partial charge < -0.3 is 4.90 Å². The number of carbonyl (C=O) groups is 1. The number of carbonyl (C=O) groups excluding carboxylic acids is 1. The Morgan fingerprint density at radius 3 is 2.43 bits per heavy atom. The van der Waals surface area contributed by atoms with Gasteiger partial charge in [-0.2, -0.15) is 0 Å². The molecule has 1 atom stereocenters. The largest absolute Gasteiger partial charge is 0.339 e. The Hall–Kier alpha value is -0.240. The van der Waals surface area contributed by atoms with Crippen LogP contribution >= 0.6 is 11.6 Å². The summed E-state index contributed by atoms with van der Waals surface area (Å²) in [5.41, 5.74) is 0. The summed E-state index contributed by atoms with van der Waals surface area (Å²) < 4.78 is 0. The molecule has 0 heterocycles. The summed E-state index contributed by atoms with van der Waals surface area (Å²) in [6, 6.07) is 0.447. The fraction of sp³-hybridized carbons (Fsp3) is 0.909. The molecule has 0 radical (unpaired) electrons. The Balaban J connectivity index is 2.55. The predicted octanol–water partition coefficient (Wildman–Crippen LogP) is 2.79. The highest BCUT2D eigenvalue weighted by atomic mass is 35.5. The zero-order valence-corrected chi connectivity index (χ0v) is 9.89. The van der Waals surface area contributed by atoms with Crippen LogP contribution in [0.15, 0.2) is 0 Å². The summed E-state index contributed by atoms with van der Waals surface area (Å²) in [5, 5.41) is -0.378. The van der Waals surface area contributed by atoms with E-state index in [-0.39, 0.29) is 11.3 Å². The van der Waals surface area contributed by atoms with Gasteiger partial charge in [-0.15, -0.1) is 11.6 Å². The molecule has 14 heavy (non-hydrogen) atoms. The number of nitrogens with zero attached hydrogens (tertiary/aromatic N) is 1. The van der Waals surface area contributed by atoms with Crippen LogP contribution in [0.2, 0.25) is 0 Å². The van der Waals surface area contributed by atoms with E-state index in [9.17, 15) is 4.79 Å². The molecule has 1 rings (SSSR count). The van der Waals surface area contributed by atoms with Crippen molar-refractivity contribution in [3.05, 3.63) is 0 Å². The van der Waals surface area contributed by atoms with Gasteiger partial charge in [0.15, 0.2) is 0 Å². The zero-order valence-electron chi connectivity index (χ0n) is 9.13. The van der Waals surface area contributed by atoms with E-state index in [1.807, 2.05) is 11.8 Å². The highest BCUT2D eigenvalue weighted by Gasteiger charge is 2.26. The summed E-state index contributed by atoms with van der Waals surface area (Å²) in [6.45, 7) is 4.59. The second-order valence-electron chi connectivity index (χ2n) is 4.03. The van der Waals surface area contributed by atoms with Crippen molar-refractivity contribution in [3.8, 4) is 0 Å². The van der Waals surface area contributed by atoms with Gasteiger partial charge in [-0.25, -0.2) is 0 Å². The normalized spacial score (nSPS) is 20.5. The number of alkyl halides is 1. The fourth-order valence-electron chi connectivity index (χ4n) is 2.22. The first kappa shape index (κ1) is 11.8. The molecule has 0 bridgehead atoms. The third-order valence-corrected chi connectivity index (χ3v) is 3.17. The molecule has 1 fully saturated rings. The molecule has 0 aliphatic heterocycles. The molecule has 1 aliphatic carbocycles. The third-order valence-electron chi connectivity index (χ3n) is 2.98. The Morgan fingerprint density at radius 1 is 1.43 bits per heavy atom. The molecule has 0 aromatic carbocycles. The molecule has 0 N–H and O–H groups in total. The van der Waals surface area contributed by atoms with Crippen LogP contribution in [0.25, 0.3) is 0 Å². The van der Waals surface area contributed by atoms with Crippen molar-refractivity contribution in [2.75, 3.05) is 6.54 Å². The molecule has 0 aromatic rings. The lowest BCUT2D eigenvalue weighted by Gasteiger charge is -2.34. The standard InChI is InChI=1S/C11H20ClNO/c1-3-13(11(14)9(2)12)10-7-5-4-6-8-10/h9-10H,3-8H2,1-2H3/t9-/m0/s1. The van der Waals surface area contributed by atoms with Crippen molar-refractivity contribution in [2.45, 2.75) is 57.4 Å². The van der Waals surface area contributed by atoms with Gasteiger partial charge in [0.25, 0.3) is 0 Å². The van der Waals surface area contributed by atoms with Crippen LogP contribution in [0.4, 0.5) is 0 Å². The van der Waals surface area contributed by atoms with Gasteiger partial charge in [-0.1, -0.05) is 19.3 Å². The SMILES string of the molecule is CCN(C(=O)[C@H](C)Cl)C1CCCCC1. The Morgan fingerprint density at radius 2 is 2.00 bits per heavy atom. The van der Waals surface area contributed by atoms with Crippen molar-refractivity contribution >= 4 is 17.5 Å². The fourth-order valence-corrected chi connectivity index (χ4v) is 2.34. The lowest BCUT2D eigenvalue weighted by molar-refractivity contribution is -0.133. The quantitative estimate of drug-likeness (QED) is 0.666. The van der Waals surface area contributed by atoms with E-state index in [0.29, 0.717) is 6.04 Å². The molecule has 1 amide bonds. The number of hydrogen-bond acceptors (Lipinski definition) is 1. The number of halogens is 1. The first-order chi connectivity index (χ1) is 6.66. The maximum absolute atomic E-state index is 11.8. The van der Waals surface area contributed by atoms with Crippen LogP contribution in [-0.4, -0.2) is 28.8 Å². The van der Waals surface area contributed by atoms with Crippen molar-refractivity contribution in [2.24, 2.45) is 0 Å². The Kier molecular flexibility index (Phi) is 4.73. The first-order valence-electron chi connectivity index (χ1n) is 5.61. The van der Waals surface area contributed by atoms with Gasteiger partial charge >= 0.3 is 0 Å². The maximum atomic E-state index is 11.8. The lowest BCUT2D eigenvalue weighted by Crippen LogP contribution is -2.44. The summed E-state index contributed by atoms with van der Waals surface area (Å²) in [6.07, 6.45) is 6.14. The highest BCUT2D eigenvalue weighted by Crippen LogP contribution is 2.23. The summed E-state index contributed by atoms with van der Waals surface area (Å²) in [5.74, 6) is 0.0982. The molecule has 2 nitrogen and oxygen atoms in total. The molecule has 0 spiro atoms. The monoisotopic (exact) mass is 217 g/mol. The number of hydrogen-bond donors (Lipinski definition) is 0. The van der Waals surface area contributed by atoms with Crippen molar-refractivity contribution in [1.29, 1.82) is 0 Å². The van der Waals surface area contributed by atoms with Crippen LogP contribution in [0.5, 0.6) is 0 Å². The van der Waals surface area contributed by atoms with E-state index in [2.05, 4.69) is 0 Å². The number of rotatable bonds is 3. The van der Waals surface area contributed by atoms with Crippen molar-refractivity contribution in [3.63, 3.8) is 0 Å². The van der Waals surface area contributed by atoms with E-state index in [1.165, 1.54) is 19.3 Å². The molecular weight excluding hydrogens is 198 g/mol. The molecular formula is C11H20ClNO. The van der Waals surface area contributed by atoms with Crippen LogP contribution in [0.3, 0.4) is 0 Å². The molecule has 0 unspecified atom stereocenters. The molecule has 1 aliphatic rings. The lowest BCUT2D eigenvalue weighted by atomic mass is 9.94. The minimum absolute atomic E-state index is 0.0982. The van der Waals surface area contributed by atoms with E-state index >= 15 is 0 Å². The second kappa shape index (κ2) is 5.59. The Labute approximate surface area is 91.6 Å². The first-order valence-corrected chi connectivity index (χ1v) is 6.05. The molecule has 1 saturated carbocycles. The van der Waals surface area contributed by atoms with Gasteiger partial charge in [-0.3, -0.25) is 4.79 Å². The van der Waals surface area contributed by atoms with E-state index in [1.54, 1.807) is 6.92 Å². The van der Waals surface area contributed by atoms with E-state index < -0.39 is 0 Å². The number of amides is 1. The maximum Gasteiger partial charge on any atom is 0.240 e. The topological polar surface area (TPSA) is 20.3 Å². The summed E-state index contributed by atoms with van der Waals surface area (Å²) >= 11 is 5.83. The van der Waals surface area contributed by atoms with Crippen molar-refractivity contribution in [1.82, 2.24) is 4.90 Å².